The third kappa shape index (κ3) is 5.29. The fourth-order valence-electron chi connectivity index (χ4n) is 3.35. The Balaban J connectivity index is 1.46. The van der Waals surface area contributed by atoms with E-state index < -0.39 is 0 Å². The van der Waals surface area contributed by atoms with Crippen LogP contribution in [0.25, 0.3) is 0 Å². The highest BCUT2D eigenvalue weighted by atomic mass is 16.2. The quantitative estimate of drug-likeness (QED) is 0.800. The lowest BCUT2D eigenvalue weighted by molar-refractivity contribution is -0.117. The molecule has 1 aromatic carbocycles. The molecule has 148 valence electrons. The van der Waals surface area contributed by atoms with Crippen molar-refractivity contribution in [2.75, 3.05) is 43.9 Å². The van der Waals surface area contributed by atoms with Gasteiger partial charge in [-0.25, -0.2) is 4.98 Å². The SMILES string of the molecule is CN(C)c1ncccc1C(=O)NC1CCN(CC(=O)Nc2ccccc2)CC1. The van der Waals surface area contributed by atoms with Crippen LogP contribution in [-0.4, -0.2) is 61.5 Å². The summed E-state index contributed by atoms with van der Waals surface area (Å²) < 4.78 is 0. The summed E-state index contributed by atoms with van der Waals surface area (Å²) in [6.07, 6.45) is 3.33. The summed E-state index contributed by atoms with van der Waals surface area (Å²) in [5, 5.41) is 6.02. The lowest BCUT2D eigenvalue weighted by Crippen LogP contribution is -2.46. The Hall–Kier alpha value is -2.93. The first-order valence-corrected chi connectivity index (χ1v) is 9.53. The van der Waals surface area contributed by atoms with Crippen LogP contribution in [0.2, 0.25) is 0 Å². The van der Waals surface area contributed by atoms with Gasteiger partial charge in [0.1, 0.15) is 5.82 Å². The molecule has 2 amide bonds. The fraction of sp³-hybridized carbons (Fsp3) is 0.381. The van der Waals surface area contributed by atoms with E-state index in [9.17, 15) is 9.59 Å². The molecule has 1 aliphatic heterocycles. The van der Waals surface area contributed by atoms with Crippen molar-refractivity contribution in [1.82, 2.24) is 15.2 Å². The van der Waals surface area contributed by atoms with Gasteiger partial charge in [0.05, 0.1) is 12.1 Å². The van der Waals surface area contributed by atoms with Crippen LogP contribution in [0, 0.1) is 0 Å². The molecule has 2 heterocycles. The minimum atomic E-state index is -0.0999. The van der Waals surface area contributed by atoms with Gasteiger partial charge in [-0.15, -0.1) is 0 Å². The molecule has 0 saturated carbocycles. The Labute approximate surface area is 165 Å². The van der Waals surface area contributed by atoms with Crippen molar-refractivity contribution in [3.8, 4) is 0 Å². The summed E-state index contributed by atoms with van der Waals surface area (Å²) in [5.74, 6) is 0.548. The van der Waals surface area contributed by atoms with Crippen LogP contribution in [0.15, 0.2) is 48.7 Å². The Morgan fingerprint density at radius 1 is 1.11 bits per heavy atom. The van der Waals surface area contributed by atoms with Crippen LogP contribution < -0.4 is 15.5 Å². The minimum absolute atomic E-state index is 0.0142. The summed E-state index contributed by atoms with van der Waals surface area (Å²) in [7, 11) is 3.75. The summed E-state index contributed by atoms with van der Waals surface area (Å²) in [6, 6.07) is 13.1. The maximum absolute atomic E-state index is 12.6. The van der Waals surface area contributed by atoms with Crippen molar-refractivity contribution in [3.63, 3.8) is 0 Å². The van der Waals surface area contributed by atoms with E-state index in [1.807, 2.05) is 49.3 Å². The zero-order valence-electron chi connectivity index (χ0n) is 16.4. The van der Waals surface area contributed by atoms with E-state index >= 15 is 0 Å². The number of nitrogens with zero attached hydrogens (tertiary/aromatic N) is 3. The molecule has 7 heteroatoms. The van der Waals surface area contributed by atoms with Gasteiger partial charge in [0.25, 0.3) is 5.91 Å². The van der Waals surface area contributed by atoms with Gasteiger partial charge in [0.15, 0.2) is 0 Å². The number of aromatic nitrogens is 1. The number of anilines is 2. The highest BCUT2D eigenvalue weighted by Crippen LogP contribution is 2.16. The van der Waals surface area contributed by atoms with Gasteiger partial charge in [-0.2, -0.15) is 0 Å². The van der Waals surface area contributed by atoms with E-state index in [1.165, 1.54) is 0 Å². The number of pyridine rings is 1. The highest BCUT2D eigenvalue weighted by molar-refractivity contribution is 5.99. The van der Waals surface area contributed by atoms with Crippen molar-refractivity contribution >= 4 is 23.3 Å². The van der Waals surface area contributed by atoms with Gasteiger partial charge >= 0.3 is 0 Å². The van der Waals surface area contributed by atoms with Crippen LogP contribution >= 0.6 is 0 Å². The maximum Gasteiger partial charge on any atom is 0.255 e. The number of likely N-dealkylation sites (tertiary alicyclic amines) is 1. The Bertz CT molecular complexity index is 801. The number of rotatable bonds is 6. The average Bonchev–Trinajstić information content (AvgIpc) is 2.70. The Kier molecular flexibility index (Phi) is 6.60. The van der Waals surface area contributed by atoms with Crippen LogP contribution in [0.1, 0.15) is 23.2 Å². The number of nitrogens with one attached hydrogen (secondary N) is 2. The fourth-order valence-corrected chi connectivity index (χ4v) is 3.35. The van der Waals surface area contributed by atoms with E-state index in [-0.39, 0.29) is 17.9 Å². The normalized spacial score (nSPS) is 15.1. The molecule has 1 fully saturated rings. The first-order valence-electron chi connectivity index (χ1n) is 9.53. The van der Waals surface area contributed by atoms with Crippen molar-refractivity contribution in [2.24, 2.45) is 0 Å². The molecule has 3 rings (SSSR count). The average molecular weight is 381 g/mol. The number of hydrogen-bond acceptors (Lipinski definition) is 5. The number of piperidine rings is 1. The summed E-state index contributed by atoms with van der Waals surface area (Å²) in [5.41, 5.74) is 1.39. The molecular weight excluding hydrogens is 354 g/mol. The second-order valence-corrected chi connectivity index (χ2v) is 7.21. The summed E-state index contributed by atoms with van der Waals surface area (Å²) in [6.45, 7) is 1.92. The van der Waals surface area contributed by atoms with Crippen LogP contribution in [0.4, 0.5) is 11.5 Å². The number of carbonyl (C=O) groups is 2. The number of hydrogen-bond donors (Lipinski definition) is 2. The van der Waals surface area contributed by atoms with E-state index in [4.69, 9.17) is 0 Å². The molecule has 1 aromatic heterocycles. The number of para-hydroxylation sites is 1. The lowest BCUT2D eigenvalue weighted by atomic mass is 10.0. The molecule has 2 N–H and O–H groups in total. The standard InChI is InChI=1S/C21H27N5O2/c1-25(2)20-18(9-6-12-22-20)21(28)24-17-10-13-26(14-11-17)15-19(27)23-16-7-4-3-5-8-16/h3-9,12,17H,10-11,13-15H2,1-2H3,(H,23,27)(H,24,28). The maximum atomic E-state index is 12.6. The van der Waals surface area contributed by atoms with E-state index in [0.29, 0.717) is 17.9 Å². The predicted molar refractivity (Wildman–Crippen MR) is 111 cm³/mol. The Morgan fingerprint density at radius 3 is 2.50 bits per heavy atom. The van der Waals surface area contributed by atoms with Gasteiger partial charge in [-0.3, -0.25) is 14.5 Å². The van der Waals surface area contributed by atoms with E-state index in [0.717, 1.165) is 31.6 Å². The zero-order valence-corrected chi connectivity index (χ0v) is 16.4. The molecule has 1 aliphatic rings. The van der Waals surface area contributed by atoms with Gasteiger partial charge in [0.2, 0.25) is 5.91 Å². The van der Waals surface area contributed by atoms with Crippen LogP contribution in [-0.2, 0) is 4.79 Å². The minimum Gasteiger partial charge on any atom is -0.362 e. The van der Waals surface area contributed by atoms with Crippen LogP contribution in [0.3, 0.4) is 0 Å². The van der Waals surface area contributed by atoms with E-state index in [2.05, 4.69) is 20.5 Å². The smallest absolute Gasteiger partial charge is 0.255 e. The second kappa shape index (κ2) is 9.32. The molecule has 0 unspecified atom stereocenters. The second-order valence-electron chi connectivity index (χ2n) is 7.21. The summed E-state index contributed by atoms with van der Waals surface area (Å²) >= 11 is 0. The van der Waals surface area contributed by atoms with Crippen molar-refractivity contribution in [1.29, 1.82) is 0 Å². The topological polar surface area (TPSA) is 77.6 Å². The molecule has 0 atom stereocenters. The molecule has 0 radical (unpaired) electrons. The van der Waals surface area contributed by atoms with Crippen LogP contribution in [0.5, 0.6) is 0 Å². The van der Waals surface area contributed by atoms with Gasteiger partial charge < -0.3 is 15.5 Å². The third-order valence-electron chi connectivity index (χ3n) is 4.80. The number of benzene rings is 1. The Morgan fingerprint density at radius 2 is 1.82 bits per heavy atom. The van der Waals surface area contributed by atoms with E-state index in [1.54, 1.807) is 18.3 Å². The molecule has 0 aliphatic carbocycles. The predicted octanol–water partition coefficient (Wildman–Crippen LogP) is 1.98. The third-order valence-corrected chi connectivity index (χ3v) is 4.80. The lowest BCUT2D eigenvalue weighted by Gasteiger charge is -2.32. The number of carbonyl (C=O) groups excluding carboxylic acids is 2. The molecule has 0 spiro atoms. The first kappa shape index (κ1) is 19.8. The van der Waals surface area contributed by atoms with Gasteiger partial charge in [-0.05, 0) is 37.1 Å². The highest BCUT2D eigenvalue weighted by Gasteiger charge is 2.23. The van der Waals surface area contributed by atoms with Gasteiger partial charge in [-0.1, -0.05) is 18.2 Å². The number of amides is 2. The zero-order chi connectivity index (χ0) is 19.9. The van der Waals surface area contributed by atoms with Crippen molar-refractivity contribution < 1.29 is 9.59 Å². The van der Waals surface area contributed by atoms with Crippen molar-refractivity contribution in [2.45, 2.75) is 18.9 Å². The molecule has 0 bridgehead atoms. The molecule has 28 heavy (non-hydrogen) atoms. The molecule has 1 saturated heterocycles. The summed E-state index contributed by atoms with van der Waals surface area (Å²) in [4.78, 5) is 33.1. The first-order chi connectivity index (χ1) is 13.5. The monoisotopic (exact) mass is 381 g/mol. The molecular formula is C21H27N5O2. The largest absolute Gasteiger partial charge is 0.362 e. The van der Waals surface area contributed by atoms with Crippen molar-refractivity contribution in [3.05, 3.63) is 54.2 Å². The molecule has 7 nitrogen and oxygen atoms in total. The van der Waals surface area contributed by atoms with Gasteiger partial charge in [0, 0.05) is 45.1 Å². The molecule has 2 aromatic rings.